The van der Waals surface area contributed by atoms with Crippen molar-refractivity contribution in [3.63, 3.8) is 0 Å². The van der Waals surface area contributed by atoms with Crippen molar-refractivity contribution < 1.29 is 9.53 Å². The molecule has 4 heteroatoms. The molecule has 21 heavy (non-hydrogen) atoms. The summed E-state index contributed by atoms with van der Waals surface area (Å²) in [5, 5.41) is 2.84. The third-order valence-electron chi connectivity index (χ3n) is 3.11. The number of carbonyl (C=O) groups is 1. The van der Waals surface area contributed by atoms with Crippen molar-refractivity contribution in [1.29, 1.82) is 0 Å². The van der Waals surface area contributed by atoms with Crippen LogP contribution in [0, 0.1) is 13.8 Å². The van der Waals surface area contributed by atoms with Crippen LogP contribution in [-0.4, -0.2) is 12.5 Å². The van der Waals surface area contributed by atoms with Crippen molar-refractivity contribution in [3.05, 3.63) is 63.6 Å². The van der Waals surface area contributed by atoms with E-state index in [-0.39, 0.29) is 12.5 Å². The molecule has 0 aliphatic rings. The Morgan fingerprint density at radius 2 is 1.86 bits per heavy atom. The van der Waals surface area contributed by atoms with Crippen molar-refractivity contribution >= 4 is 21.8 Å². The Morgan fingerprint density at radius 1 is 1.14 bits per heavy atom. The van der Waals surface area contributed by atoms with E-state index in [1.165, 1.54) is 5.56 Å². The fraction of sp³-hybridized carbons (Fsp3) is 0.235. The van der Waals surface area contributed by atoms with E-state index >= 15 is 0 Å². The second kappa shape index (κ2) is 7.27. The molecule has 0 unspecified atom stereocenters. The summed E-state index contributed by atoms with van der Waals surface area (Å²) in [7, 11) is 0. The molecule has 0 radical (unpaired) electrons. The Kier molecular flexibility index (Phi) is 5.39. The smallest absolute Gasteiger partial charge is 0.258 e. The van der Waals surface area contributed by atoms with Crippen molar-refractivity contribution in [2.24, 2.45) is 0 Å². The van der Waals surface area contributed by atoms with E-state index < -0.39 is 0 Å². The zero-order chi connectivity index (χ0) is 15.2. The fourth-order valence-corrected chi connectivity index (χ4v) is 2.06. The maximum absolute atomic E-state index is 11.8. The van der Waals surface area contributed by atoms with Gasteiger partial charge in [-0.25, -0.2) is 0 Å². The summed E-state index contributed by atoms with van der Waals surface area (Å²) < 4.78 is 6.50. The molecule has 2 rings (SSSR count). The highest BCUT2D eigenvalue weighted by molar-refractivity contribution is 9.10. The van der Waals surface area contributed by atoms with Gasteiger partial charge >= 0.3 is 0 Å². The summed E-state index contributed by atoms with van der Waals surface area (Å²) in [6, 6.07) is 13.7. The quantitative estimate of drug-likeness (QED) is 0.894. The van der Waals surface area contributed by atoms with Gasteiger partial charge in [-0.3, -0.25) is 4.79 Å². The number of halogens is 1. The predicted molar refractivity (Wildman–Crippen MR) is 87.4 cm³/mol. The molecular weight excluding hydrogens is 330 g/mol. The van der Waals surface area contributed by atoms with Gasteiger partial charge in [-0.1, -0.05) is 45.8 Å². The molecule has 1 amide bonds. The normalized spacial score (nSPS) is 10.2. The maximum atomic E-state index is 11.8. The zero-order valence-corrected chi connectivity index (χ0v) is 13.7. The first-order valence-corrected chi connectivity index (χ1v) is 7.55. The van der Waals surface area contributed by atoms with Crippen LogP contribution in [0.15, 0.2) is 46.9 Å². The van der Waals surface area contributed by atoms with Gasteiger partial charge in [-0.05, 0) is 43.2 Å². The molecule has 0 spiro atoms. The van der Waals surface area contributed by atoms with Gasteiger partial charge < -0.3 is 10.1 Å². The van der Waals surface area contributed by atoms with E-state index in [2.05, 4.69) is 21.2 Å². The minimum absolute atomic E-state index is 0.0208. The van der Waals surface area contributed by atoms with Crippen LogP contribution in [0.5, 0.6) is 5.75 Å². The first-order valence-electron chi connectivity index (χ1n) is 6.76. The van der Waals surface area contributed by atoms with Gasteiger partial charge in [0.1, 0.15) is 5.75 Å². The van der Waals surface area contributed by atoms with E-state index in [1.54, 1.807) is 0 Å². The van der Waals surface area contributed by atoms with Gasteiger partial charge in [0.15, 0.2) is 6.61 Å². The molecule has 110 valence electrons. The third-order valence-corrected chi connectivity index (χ3v) is 4.00. The summed E-state index contributed by atoms with van der Waals surface area (Å²) in [5.41, 5.74) is 3.36. The van der Waals surface area contributed by atoms with Crippen molar-refractivity contribution in [2.45, 2.75) is 20.4 Å². The first-order chi connectivity index (χ1) is 10.0. The number of amides is 1. The fourth-order valence-electron chi connectivity index (χ4n) is 1.81. The second-order valence-electron chi connectivity index (χ2n) is 4.96. The SMILES string of the molecule is Cc1ccc(CNC(=O)COc2ccc(Br)c(C)c2)cc1. The van der Waals surface area contributed by atoms with Crippen molar-refractivity contribution in [2.75, 3.05) is 6.61 Å². The summed E-state index contributed by atoms with van der Waals surface area (Å²) in [5.74, 6) is 0.567. The minimum Gasteiger partial charge on any atom is -0.484 e. The van der Waals surface area contributed by atoms with Crippen LogP contribution < -0.4 is 10.1 Å². The second-order valence-corrected chi connectivity index (χ2v) is 5.82. The average molecular weight is 348 g/mol. The largest absolute Gasteiger partial charge is 0.484 e. The lowest BCUT2D eigenvalue weighted by Gasteiger charge is -2.09. The highest BCUT2D eigenvalue weighted by Gasteiger charge is 2.04. The lowest BCUT2D eigenvalue weighted by atomic mass is 10.1. The highest BCUT2D eigenvalue weighted by Crippen LogP contribution is 2.21. The molecule has 0 saturated heterocycles. The molecule has 0 fully saturated rings. The van der Waals surface area contributed by atoms with Crippen molar-refractivity contribution in [1.82, 2.24) is 5.32 Å². The van der Waals surface area contributed by atoms with Gasteiger partial charge in [0.25, 0.3) is 5.91 Å². The van der Waals surface area contributed by atoms with Gasteiger partial charge in [-0.2, -0.15) is 0 Å². The average Bonchev–Trinajstić information content (AvgIpc) is 2.48. The highest BCUT2D eigenvalue weighted by atomic mass is 79.9. The summed E-state index contributed by atoms with van der Waals surface area (Å²) in [6.45, 7) is 4.56. The van der Waals surface area contributed by atoms with Gasteiger partial charge in [-0.15, -0.1) is 0 Å². The van der Waals surface area contributed by atoms with E-state index in [0.29, 0.717) is 12.3 Å². The zero-order valence-electron chi connectivity index (χ0n) is 12.2. The van der Waals surface area contributed by atoms with Crippen LogP contribution in [0.25, 0.3) is 0 Å². The van der Waals surface area contributed by atoms with Crippen LogP contribution in [0.2, 0.25) is 0 Å². The predicted octanol–water partition coefficient (Wildman–Crippen LogP) is 3.76. The minimum atomic E-state index is -0.129. The van der Waals surface area contributed by atoms with Crippen LogP contribution in [-0.2, 0) is 11.3 Å². The molecule has 2 aromatic rings. The first kappa shape index (κ1) is 15.6. The summed E-state index contributed by atoms with van der Waals surface area (Å²) in [4.78, 5) is 11.8. The molecule has 0 aliphatic carbocycles. The molecule has 0 bridgehead atoms. The Labute approximate surface area is 133 Å². The summed E-state index contributed by atoms with van der Waals surface area (Å²) >= 11 is 3.43. The van der Waals surface area contributed by atoms with Gasteiger partial charge in [0.2, 0.25) is 0 Å². The standard InChI is InChI=1S/C17H18BrNO2/c1-12-3-5-14(6-4-12)10-19-17(20)11-21-15-7-8-16(18)13(2)9-15/h3-9H,10-11H2,1-2H3,(H,19,20). The number of benzene rings is 2. The topological polar surface area (TPSA) is 38.3 Å². The monoisotopic (exact) mass is 347 g/mol. The molecule has 3 nitrogen and oxygen atoms in total. The Hall–Kier alpha value is -1.81. The Bertz CT molecular complexity index is 623. The molecule has 0 saturated carbocycles. The Balaban J connectivity index is 1.79. The summed E-state index contributed by atoms with van der Waals surface area (Å²) in [6.07, 6.45) is 0. The molecular formula is C17H18BrNO2. The van der Waals surface area contributed by atoms with Gasteiger partial charge in [0, 0.05) is 11.0 Å². The van der Waals surface area contributed by atoms with E-state index in [9.17, 15) is 4.79 Å². The van der Waals surface area contributed by atoms with E-state index in [1.807, 2.05) is 56.3 Å². The van der Waals surface area contributed by atoms with E-state index in [0.717, 1.165) is 15.6 Å². The number of rotatable bonds is 5. The Morgan fingerprint density at radius 3 is 2.52 bits per heavy atom. The number of carbonyl (C=O) groups excluding carboxylic acids is 1. The lowest BCUT2D eigenvalue weighted by molar-refractivity contribution is -0.123. The molecule has 0 atom stereocenters. The number of hydrogen-bond acceptors (Lipinski definition) is 2. The molecule has 0 heterocycles. The van der Waals surface area contributed by atoms with Gasteiger partial charge in [0.05, 0.1) is 0 Å². The third kappa shape index (κ3) is 4.90. The van der Waals surface area contributed by atoms with Crippen molar-refractivity contribution in [3.8, 4) is 5.75 Å². The van der Waals surface area contributed by atoms with Crippen LogP contribution >= 0.6 is 15.9 Å². The van der Waals surface area contributed by atoms with E-state index in [4.69, 9.17) is 4.74 Å². The molecule has 0 aliphatic heterocycles. The van der Waals surface area contributed by atoms with Crippen LogP contribution in [0.3, 0.4) is 0 Å². The number of hydrogen-bond donors (Lipinski definition) is 1. The molecule has 1 N–H and O–H groups in total. The maximum Gasteiger partial charge on any atom is 0.258 e. The molecule has 2 aromatic carbocycles. The van der Waals surface area contributed by atoms with Crippen LogP contribution in [0.1, 0.15) is 16.7 Å². The lowest BCUT2D eigenvalue weighted by Crippen LogP contribution is -2.28. The number of aryl methyl sites for hydroxylation is 2. The molecule has 0 aromatic heterocycles. The number of nitrogens with one attached hydrogen (secondary N) is 1. The van der Waals surface area contributed by atoms with Crippen LogP contribution in [0.4, 0.5) is 0 Å². The number of ether oxygens (including phenoxy) is 1.